The average molecular weight is 1440 g/mol. The van der Waals surface area contributed by atoms with E-state index in [1.54, 1.807) is 24.3 Å². The summed E-state index contributed by atoms with van der Waals surface area (Å²) >= 11 is 0. The molecule has 566 valence electrons. The van der Waals surface area contributed by atoms with E-state index in [-0.39, 0.29) is 0 Å². The van der Waals surface area contributed by atoms with Crippen molar-refractivity contribution >= 4 is 19.7 Å². The van der Waals surface area contributed by atoms with Crippen LogP contribution in [0.3, 0.4) is 0 Å². The van der Waals surface area contributed by atoms with E-state index in [2.05, 4.69) is 181 Å². The molecule has 3 aromatic carbocycles. The summed E-state index contributed by atoms with van der Waals surface area (Å²) in [4.78, 5) is 0.664. The van der Waals surface area contributed by atoms with Crippen LogP contribution in [0.4, 0.5) is 0 Å². The molecule has 0 saturated heterocycles. The van der Waals surface area contributed by atoms with E-state index < -0.39 is 30.2 Å². The fraction of sp³-hybridized carbons (Fsp3) is 0.500. The highest BCUT2D eigenvalue weighted by molar-refractivity contribution is 7.92. The van der Waals surface area contributed by atoms with Crippen LogP contribution >= 0.6 is 0 Å². The first-order valence-electron chi connectivity index (χ1n) is 39.1. The molecule has 0 spiro atoms. The third-order valence-corrected chi connectivity index (χ3v) is 23.6. The molecule has 5 nitrogen and oxygen atoms in total. The lowest BCUT2D eigenvalue weighted by Crippen LogP contribution is -2.20. The summed E-state index contributed by atoms with van der Waals surface area (Å²) in [7, 11) is -7.38. The standard InChI is InChI=1S/C96H140O5S2/c1-75(2)34-22-35-76(3)36-23-37-77(4)38-24-39-78(5)40-25-41-79(6)42-26-43-80(7)44-27-45-81(8)46-28-47-82(9)48-29-49-83(10)50-30-51-84(11)52-31-54-88(15)70-95(102(97,98)93-64-60-86(13)61-65-93)72-90(17)56-33-57-91(18)73-96(103(99,100)94-66-62-87(14)63-67-94)71-89(16)55-32-53-85(12)68-69-101-74-92-58-20-19-21-59-92/h19-21,34,36,38,40,42,44,46,48,50,52,55-56,58-68,70,73,95-96H,22-33,35,37,39,41,43,45,47,49,51,53-54,57,69,71-72,74H2,1-18H3/b76-36+,77-38+,78-40-,79-42-,80-44-,81-46-,82-48-,83-50-,84-52-,85-68-,88-70-,89-55-,90-56-,91-73-. The van der Waals surface area contributed by atoms with Gasteiger partial charge in [-0.05, 0) is 321 Å². The number of benzene rings is 3. The Morgan fingerprint density at radius 2 is 0.524 bits per heavy atom. The molecule has 103 heavy (non-hydrogen) atoms. The Labute approximate surface area is 632 Å². The van der Waals surface area contributed by atoms with Crippen LogP contribution in [0.2, 0.25) is 0 Å². The molecule has 2 unspecified atom stereocenters. The fourth-order valence-electron chi connectivity index (χ4n) is 12.5. The second-order valence-electron chi connectivity index (χ2n) is 30.6. The van der Waals surface area contributed by atoms with Crippen LogP contribution in [-0.4, -0.2) is 33.9 Å². The maximum absolute atomic E-state index is 14.4. The Hall–Kier alpha value is -6.38. The third-order valence-electron chi connectivity index (χ3n) is 19.6. The fourth-order valence-corrected chi connectivity index (χ4v) is 16.0. The van der Waals surface area contributed by atoms with Gasteiger partial charge in [-0.2, -0.15) is 0 Å². The Kier molecular flexibility index (Phi) is 45.6. The highest BCUT2D eigenvalue weighted by Crippen LogP contribution is 2.29. The zero-order chi connectivity index (χ0) is 76.0. The molecule has 3 aromatic rings. The smallest absolute Gasteiger partial charge is 0.185 e. The number of ether oxygens (including phenoxy) is 1. The van der Waals surface area contributed by atoms with Crippen LogP contribution in [0.25, 0.3) is 0 Å². The molecular weight excluding hydrogens is 1300 g/mol. The molecule has 0 saturated carbocycles. The molecule has 2 atom stereocenters. The summed E-state index contributed by atoms with van der Waals surface area (Å²) in [6, 6.07) is 24.5. The molecule has 0 aliphatic carbocycles. The van der Waals surface area contributed by atoms with Crippen molar-refractivity contribution in [3.8, 4) is 0 Å². The van der Waals surface area contributed by atoms with Crippen LogP contribution in [0.1, 0.15) is 294 Å². The molecule has 0 heterocycles. The lowest BCUT2D eigenvalue weighted by atomic mass is 10.0. The SMILES string of the molecule is CC(C)=CCC/C(C)=C/CC/C(C)=C/CC/C(C)=C\CC/C(C)=C\CC/C(C)=C\CC/C(C)=C\CC/C(C)=C\CC/C(C)=C\CC/C(C)=C\CC/C(C)=C\C(C/C(C)=C\CC/C(C)=C\C(C/C(C)=C\CC/C(C)=C\COCc1ccccc1)S(=O)(=O)c1ccc(C)cc1)S(=O)(=O)c1ccc(C)cc1. The predicted molar refractivity (Wildman–Crippen MR) is 452 cm³/mol. The van der Waals surface area contributed by atoms with E-state index in [0.29, 0.717) is 48.7 Å². The summed E-state index contributed by atoms with van der Waals surface area (Å²) in [5.74, 6) is 0. The molecule has 0 aliphatic rings. The van der Waals surface area contributed by atoms with Crippen LogP contribution in [0.5, 0.6) is 0 Å². The monoisotopic (exact) mass is 1440 g/mol. The second kappa shape index (κ2) is 51.7. The number of hydrogen-bond donors (Lipinski definition) is 0. The predicted octanol–water partition coefficient (Wildman–Crippen LogP) is 28.9. The summed E-state index contributed by atoms with van der Waals surface area (Å²) in [5, 5.41) is -1.44. The van der Waals surface area contributed by atoms with Gasteiger partial charge in [-0.1, -0.05) is 240 Å². The van der Waals surface area contributed by atoms with Crippen molar-refractivity contribution in [3.63, 3.8) is 0 Å². The van der Waals surface area contributed by atoms with Gasteiger partial charge in [0.05, 0.1) is 33.5 Å². The molecule has 0 aromatic heterocycles. The third kappa shape index (κ3) is 42.4. The Balaban J connectivity index is 1.46. The van der Waals surface area contributed by atoms with Crippen LogP contribution in [-0.2, 0) is 31.0 Å². The molecule has 7 heteroatoms. The summed E-state index contributed by atoms with van der Waals surface area (Å²) in [6.07, 6.45) is 60.1. The maximum atomic E-state index is 14.4. The largest absolute Gasteiger partial charge is 0.373 e. The van der Waals surface area contributed by atoms with Gasteiger partial charge in [-0.3, -0.25) is 0 Å². The first-order valence-corrected chi connectivity index (χ1v) is 42.2. The number of sulfone groups is 2. The van der Waals surface area contributed by atoms with Gasteiger partial charge in [-0.25, -0.2) is 16.8 Å². The van der Waals surface area contributed by atoms with Crippen molar-refractivity contribution in [3.05, 3.63) is 270 Å². The van der Waals surface area contributed by atoms with Gasteiger partial charge in [0.15, 0.2) is 19.7 Å². The van der Waals surface area contributed by atoms with Gasteiger partial charge in [0.25, 0.3) is 0 Å². The van der Waals surface area contributed by atoms with Gasteiger partial charge >= 0.3 is 0 Å². The van der Waals surface area contributed by atoms with Crippen LogP contribution in [0, 0.1) is 13.8 Å². The zero-order valence-electron chi connectivity index (χ0n) is 68.0. The molecular formula is C96H140O5S2. The summed E-state index contributed by atoms with van der Waals surface area (Å²) < 4.78 is 63.4. The van der Waals surface area contributed by atoms with Crippen molar-refractivity contribution in [1.82, 2.24) is 0 Å². The Morgan fingerprint density at radius 3 is 0.786 bits per heavy atom. The van der Waals surface area contributed by atoms with E-state index in [9.17, 15) is 16.8 Å². The average Bonchev–Trinajstić information content (AvgIpc) is 0.816. The molecule has 0 fully saturated rings. The number of rotatable bonds is 50. The zero-order valence-corrected chi connectivity index (χ0v) is 69.6. The number of aryl methyl sites for hydroxylation is 2. The molecule has 0 radical (unpaired) electrons. The van der Waals surface area contributed by atoms with E-state index in [0.717, 1.165) is 167 Å². The van der Waals surface area contributed by atoms with Gasteiger partial charge < -0.3 is 4.74 Å². The highest BCUT2D eigenvalue weighted by Gasteiger charge is 2.28. The number of allylic oxidation sites excluding steroid dienone is 27. The quantitative estimate of drug-likeness (QED) is 0.0416. The van der Waals surface area contributed by atoms with E-state index >= 15 is 0 Å². The molecule has 0 bridgehead atoms. The lowest BCUT2D eigenvalue weighted by Gasteiger charge is -2.17. The first-order chi connectivity index (χ1) is 49.0. The summed E-state index contributed by atoms with van der Waals surface area (Å²) in [6.45, 7) is 40.2. The van der Waals surface area contributed by atoms with Gasteiger partial charge in [0.1, 0.15) is 0 Å². The normalized spacial score (nSPS) is 15.2. The topological polar surface area (TPSA) is 77.5 Å². The van der Waals surface area contributed by atoms with Gasteiger partial charge in [0.2, 0.25) is 0 Å². The van der Waals surface area contributed by atoms with E-state index in [1.807, 2.05) is 89.2 Å². The Morgan fingerprint density at radius 1 is 0.291 bits per heavy atom. The summed E-state index contributed by atoms with van der Waals surface area (Å²) in [5.41, 5.74) is 23.2. The maximum Gasteiger partial charge on any atom is 0.185 e. The van der Waals surface area contributed by atoms with Gasteiger partial charge in [0, 0.05) is 0 Å². The van der Waals surface area contributed by atoms with Crippen molar-refractivity contribution in [2.24, 2.45) is 0 Å². The lowest BCUT2D eigenvalue weighted by molar-refractivity contribution is 0.148. The van der Waals surface area contributed by atoms with Gasteiger partial charge in [-0.15, -0.1) is 0 Å². The second-order valence-corrected chi connectivity index (χ2v) is 34.9. The Bertz CT molecular complexity index is 3730. The van der Waals surface area contributed by atoms with Crippen molar-refractivity contribution in [2.75, 3.05) is 6.61 Å². The molecule has 0 N–H and O–H groups in total. The molecule has 3 rings (SSSR count). The van der Waals surface area contributed by atoms with Crippen molar-refractivity contribution in [2.45, 2.75) is 318 Å². The molecule has 0 aliphatic heterocycles. The van der Waals surface area contributed by atoms with Crippen molar-refractivity contribution < 1.29 is 21.6 Å². The minimum Gasteiger partial charge on any atom is -0.373 e. The van der Waals surface area contributed by atoms with Crippen LogP contribution in [0.15, 0.2) is 263 Å². The van der Waals surface area contributed by atoms with Crippen molar-refractivity contribution in [1.29, 1.82) is 0 Å². The van der Waals surface area contributed by atoms with E-state index in [4.69, 9.17) is 4.74 Å². The van der Waals surface area contributed by atoms with Crippen LogP contribution < -0.4 is 0 Å². The number of hydrogen-bond acceptors (Lipinski definition) is 5. The molecule has 0 amide bonds. The van der Waals surface area contributed by atoms with E-state index in [1.165, 1.54) is 74.1 Å². The minimum atomic E-state index is -3.69. The minimum absolute atomic E-state index is 0.327. The first kappa shape index (κ1) is 90.8. The highest BCUT2D eigenvalue weighted by atomic mass is 32.2.